The van der Waals surface area contributed by atoms with Gasteiger partial charge in [-0.1, -0.05) is 29.8 Å². The summed E-state index contributed by atoms with van der Waals surface area (Å²) in [6, 6.07) is 15.6. The van der Waals surface area contributed by atoms with Crippen LogP contribution in [-0.4, -0.2) is 20.9 Å². The first kappa shape index (κ1) is 16.0. The summed E-state index contributed by atoms with van der Waals surface area (Å²) in [4.78, 5) is 11.6. The van der Waals surface area contributed by atoms with Gasteiger partial charge in [-0.3, -0.25) is 4.68 Å². The van der Waals surface area contributed by atoms with Gasteiger partial charge in [0.05, 0.1) is 11.3 Å². The van der Waals surface area contributed by atoms with Crippen LogP contribution in [0.5, 0.6) is 0 Å². The standard InChI is InChI=1S/C20H20N2O2/c1-13(2)22-19(8-9-21-22)17-10-16(11-18(12-17)20(23)24)15-6-4-14(3)5-7-15/h4-13H,1-3H3,(H,23,24). The summed E-state index contributed by atoms with van der Waals surface area (Å²) in [5.41, 5.74) is 5.12. The fourth-order valence-electron chi connectivity index (χ4n) is 2.77. The average molecular weight is 320 g/mol. The summed E-state index contributed by atoms with van der Waals surface area (Å²) >= 11 is 0. The van der Waals surface area contributed by atoms with Crippen molar-refractivity contribution in [2.75, 3.05) is 0 Å². The molecule has 0 fully saturated rings. The minimum absolute atomic E-state index is 0.200. The van der Waals surface area contributed by atoms with Gasteiger partial charge in [-0.05, 0) is 56.2 Å². The van der Waals surface area contributed by atoms with Gasteiger partial charge < -0.3 is 5.11 Å². The molecule has 0 aliphatic heterocycles. The Hall–Kier alpha value is -2.88. The van der Waals surface area contributed by atoms with E-state index in [0.717, 1.165) is 22.4 Å². The Morgan fingerprint density at radius 1 is 1.00 bits per heavy atom. The van der Waals surface area contributed by atoms with Crippen LogP contribution in [0.2, 0.25) is 0 Å². The number of carbonyl (C=O) groups is 1. The van der Waals surface area contributed by atoms with Gasteiger partial charge in [0.15, 0.2) is 0 Å². The normalized spacial score (nSPS) is 11.0. The Bertz CT molecular complexity index is 877. The number of hydrogen-bond acceptors (Lipinski definition) is 2. The van der Waals surface area contributed by atoms with Crippen molar-refractivity contribution < 1.29 is 9.90 Å². The summed E-state index contributed by atoms with van der Waals surface area (Å²) in [5, 5.41) is 13.8. The molecule has 0 aliphatic carbocycles. The monoisotopic (exact) mass is 320 g/mol. The molecule has 4 nitrogen and oxygen atoms in total. The molecule has 0 aliphatic rings. The first-order valence-electron chi connectivity index (χ1n) is 7.95. The van der Waals surface area contributed by atoms with Gasteiger partial charge in [0.1, 0.15) is 0 Å². The van der Waals surface area contributed by atoms with Gasteiger partial charge in [0.25, 0.3) is 0 Å². The smallest absolute Gasteiger partial charge is 0.335 e. The van der Waals surface area contributed by atoms with Crippen molar-refractivity contribution in [2.24, 2.45) is 0 Å². The van der Waals surface area contributed by atoms with Gasteiger partial charge in [-0.2, -0.15) is 5.10 Å². The molecule has 24 heavy (non-hydrogen) atoms. The minimum atomic E-state index is -0.930. The number of aryl methyl sites for hydroxylation is 1. The first-order valence-corrected chi connectivity index (χ1v) is 7.95. The van der Waals surface area contributed by atoms with Crippen molar-refractivity contribution in [1.29, 1.82) is 0 Å². The number of carboxylic acids is 1. The molecule has 1 heterocycles. The molecule has 0 spiro atoms. The lowest BCUT2D eigenvalue weighted by Gasteiger charge is -2.13. The van der Waals surface area contributed by atoms with Crippen LogP contribution in [-0.2, 0) is 0 Å². The van der Waals surface area contributed by atoms with E-state index in [9.17, 15) is 9.90 Å². The lowest BCUT2D eigenvalue weighted by Crippen LogP contribution is -2.05. The zero-order chi connectivity index (χ0) is 17.3. The van der Waals surface area contributed by atoms with E-state index in [2.05, 4.69) is 18.9 Å². The highest BCUT2D eigenvalue weighted by Crippen LogP contribution is 2.29. The van der Waals surface area contributed by atoms with Crippen LogP contribution >= 0.6 is 0 Å². The second kappa shape index (κ2) is 6.32. The summed E-state index contributed by atoms with van der Waals surface area (Å²) in [5.74, 6) is -0.930. The molecule has 4 heteroatoms. The van der Waals surface area contributed by atoms with Crippen molar-refractivity contribution in [3.05, 3.63) is 65.9 Å². The molecule has 0 atom stereocenters. The Morgan fingerprint density at radius 3 is 2.29 bits per heavy atom. The third-order valence-electron chi connectivity index (χ3n) is 4.02. The van der Waals surface area contributed by atoms with Crippen LogP contribution < -0.4 is 0 Å². The fraction of sp³-hybridized carbons (Fsp3) is 0.200. The topological polar surface area (TPSA) is 55.1 Å². The number of hydrogen-bond donors (Lipinski definition) is 1. The van der Waals surface area contributed by atoms with Gasteiger partial charge in [-0.15, -0.1) is 0 Å². The second-order valence-electron chi connectivity index (χ2n) is 6.22. The summed E-state index contributed by atoms with van der Waals surface area (Å²) in [6.07, 6.45) is 1.74. The maximum Gasteiger partial charge on any atom is 0.335 e. The zero-order valence-corrected chi connectivity index (χ0v) is 14.0. The van der Waals surface area contributed by atoms with Crippen LogP contribution in [0.1, 0.15) is 35.8 Å². The van der Waals surface area contributed by atoms with Crippen molar-refractivity contribution >= 4 is 5.97 Å². The summed E-state index contributed by atoms with van der Waals surface area (Å²) < 4.78 is 1.90. The van der Waals surface area contributed by atoms with Crippen LogP contribution in [0, 0.1) is 6.92 Å². The summed E-state index contributed by atoms with van der Waals surface area (Å²) in [7, 11) is 0. The lowest BCUT2D eigenvalue weighted by atomic mass is 9.97. The van der Waals surface area contributed by atoms with E-state index in [1.165, 1.54) is 5.56 Å². The van der Waals surface area contributed by atoms with E-state index in [1.54, 1.807) is 18.3 Å². The molecule has 0 saturated heterocycles. The van der Waals surface area contributed by atoms with E-state index in [-0.39, 0.29) is 11.6 Å². The van der Waals surface area contributed by atoms with Gasteiger partial charge in [0.2, 0.25) is 0 Å². The zero-order valence-electron chi connectivity index (χ0n) is 14.0. The molecule has 1 N–H and O–H groups in total. The third-order valence-corrected chi connectivity index (χ3v) is 4.02. The quantitative estimate of drug-likeness (QED) is 0.751. The summed E-state index contributed by atoms with van der Waals surface area (Å²) in [6.45, 7) is 6.14. The molecular formula is C20H20N2O2. The van der Waals surface area contributed by atoms with Crippen molar-refractivity contribution in [1.82, 2.24) is 9.78 Å². The number of carboxylic acid groups (broad SMARTS) is 1. The van der Waals surface area contributed by atoms with Crippen molar-refractivity contribution in [3.8, 4) is 22.4 Å². The van der Waals surface area contributed by atoms with Crippen LogP contribution in [0.3, 0.4) is 0 Å². The van der Waals surface area contributed by atoms with E-state index >= 15 is 0 Å². The molecule has 3 rings (SSSR count). The fourth-order valence-corrected chi connectivity index (χ4v) is 2.77. The molecule has 3 aromatic rings. The highest BCUT2D eigenvalue weighted by molar-refractivity contribution is 5.91. The number of rotatable bonds is 4. The number of aromatic carboxylic acids is 1. The number of aromatic nitrogens is 2. The van der Waals surface area contributed by atoms with E-state index in [1.807, 2.05) is 48.0 Å². The van der Waals surface area contributed by atoms with E-state index < -0.39 is 5.97 Å². The van der Waals surface area contributed by atoms with Crippen molar-refractivity contribution in [3.63, 3.8) is 0 Å². The van der Waals surface area contributed by atoms with Crippen LogP contribution in [0.25, 0.3) is 22.4 Å². The molecule has 0 bridgehead atoms. The Morgan fingerprint density at radius 2 is 1.67 bits per heavy atom. The van der Waals surface area contributed by atoms with Gasteiger partial charge in [-0.25, -0.2) is 4.79 Å². The third kappa shape index (κ3) is 3.08. The first-order chi connectivity index (χ1) is 11.5. The molecule has 0 saturated carbocycles. The lowest BCUT2D eigenvalue weighted by molar-refractivity contribution is 0.0697. The maximum atomic E-state index is 11.6. The number of nitrogens with zero attached hydrogens (tertiary/aromatic N) is 2. The minimum Gasteiger partial charge on any atom is -0.478 e. The molecule has 1 aromatic heterocycles. The molecule has 2 aromatic carbocycles. The van der Waals surface area contributed by atoms with E-state index in [4.69, 9.17) is 0 Å². The molecule has 0 unspecified atom stereocenters. The average Bonchev–Trinajstić information content (AvgIpc) is 3.05. The van der Waals surface area contributed by atoms with E-state index in [0.29, 0.717) is 0 Å². The molecular weight excluding hydrogens is 300 g/mol. The predicted molar refractivity (Wildman–Crippen MR) is 95.2 cm³/mol. The van der Waals surface area contributed by atoms with Gasteiger partial charge in [0, 0.05) is 17.8 Å². The Balaban J connectivity index is 2.18. The van der Waals surface area contributed by atoms with Crippen molar-refractivity contribution in [2.45, 2.75) is 26.8 Å². The SMILES string of the molecule is Cc1ccc(-c2cc(C(=O)O)cc(-c3ccnn3C(C)C)c2)cc1. The Labute approximate surface area is 141 Å². The second-order valence-corrected chi connectivity index (χ2v) is 6.22. The highest BCUT2D eigenvalue weighted by atomic mass is 16.4. The predicted octanol–water partition coefficient (Wildman–Crippen LogP) is 4.80. The maximum absolute atomic E-state index is 11.6. The molecule has 0 radical (unpaired) electrons. The Kier molecular flexibility index (Phi) is 4.21. The van der Waals surface area contributed by atoms with Crippen LogP contribution in [0.4, 0.5) is 0 Å². The highest BCUT2D eigenvalue weighted by Gasteiger charge is 2.13. The van der Waals surface area contributed by atoms with Gasteiger partial charge >= 0.3 is 5.97 Å². The molecule has 0 amide bonds. The number of benzene rings is 2. The molecule has 122 valence electrons. The largest absolute Gasteiger partial charge is 0.478 e. The van der Waals surface area contributed by atoms with Crippen LogP contribution in [0.15, 0.2) is 54.7 Å².